The van der Waals surface area contributed by atoms with Crippen molar-refractivity contribution in [2.45, 2.75) is 19.1 Å². The van der Waals surface area contributed by atoms with Crippen LogP contribution < -0.4 is 4.74 Å². The van der Waals surface area contributed by atoms with Gasteiger partial charge < -0.3 is 24.4 Å². The van der Waals surface area contributed by atoms with Crippen LogP contribution in [0.3, 0.4) is 0 Å². The summed E-state index contributed by atoms with van der Waals surface area (Å²) >= 11 is 0. The van der Waals surface area contributed by atoms with Gasteiger partial charge in [0.2, 0.25) is 0 Å². The topological polar surface area (TPSA) is 85.2 Å². The Morgan fingerprint density at radius 3 is 2.91 bits per heavy atom. The number of hydrogen-bond acceptors (Lipinski definition) is 6. The van der Waals surface area contributed by atoms with Crippen LogP contribution in [0.5, 0.6) is 11.5 Å². The van der Waals surface area contributed by atoms with Gasteiger partial charge in [-0.25, -0.2) is 4.79 Å². The average Bonchev–Trinajstić information content (AvgIpc) is 2.51. The lowest BCUT2D eigenvalue weighted by Gasteiger charge is -2.32. The zero-order chi connectivity index (χ0) is 16.1. The smallest absolute Gasteiger partial charge is 0.331 e. The minimum Gasteiger partial charge on any atom is -0.504 e. The Labute approximate surface area is 128 Å². The second-order valence-corrected chi connectivity index (χ2v) is 5.20. The van der Waals surface area contributed by atoms with Crippen molar-refractivity contribution < 1.29 is 29.2 Å². The molecule has 6 heteroatoms. The molecule has 2 rings (SSSR count). The number of aliphatic hydroxyl groups excluding tert-OH is 1. The maximum absolute atomic E-state index is 11.8. The summed E-state index contributed by atoms with van der Waals surface area (Å²) in [5.41, 5.74) is 0.694. The molecule has 1 aliphatic heterocycles. The van der Waals surface area contributed by atoms with E-state index in [0.29, 0.717) is 11.3 Å². The van der Waals surface area contributed by atoms with Crippen LogP contribution >= 0.6 is 0 Å². The Kier molecular flexibility index (Phi) is 5.41. The summed E-state index contributed by atoms with van der Waals surface area (Å²) in [6, 6.07) is 4.74. The molecule has 1 aromatic rings. The monoisotopic (exact) mass is 308 g/mol. The summed E-state index contributed by atoms with van der Waals surface area (Å²) in [7, 11) is 1.45. The number of phenolic OH excluding ortho intramolecular Hbond substituents is 1. The van der Waals surface area contributed by atoms with Gasteiger partial charge in [0.1, 0.15) is 6.10 Å². The first-order valence-electron chi connectivity index (χ1n) is 7.02. The van der Waals surface area contributed by atoms with E-state index in [1.165, 1.54) is 19.3 Å². The molecule has 1 unspecified atom stereocenters. The lowest BCUT2D eigenvalue weighted by atomic mass is 9.97. The number of phenols is 1. The fourth-order valence-corrected chi connectivity index (χ4v) is 2.15. The first kappa shape index (κ1) is 16.3. The van der Waals surface area contributed by atoms with Crippen molar-refractivity contribution in [2.75, 3.05) is 20.3 Å². The van der Waals surface area contributed by atoms with Crippen LogP contribution in [-0.2, 0) is 14.3 Å². The molecule has 0 aromatic heterocycles. The lowest BCUT2D eigenvalue weighted by Crippen LogP contribution is -2.43. The van der Waals surface area contributed by atoms with E-state index in [1.54, 1.807) is 18.2 Å². The Bertz CT molecular complexity index is 554. The highest BCUT2D eigenvalue weighted by molar-refractivity contribution is 5.87. The van der Waals surface area contributed by atoms with Gasteiger partial charge in [0.05, 0.1) is 26.4 Å². The largest absolute Gasteiger partial charge is 0.504 e. The molecular formula is C16H20O6. The van der Waals surface area contributed by atoms with E-state index in [4.69, 9.17) is 14.2 Å². The first-order valence-corrected chi connectivity index (χ1v) is 7.02. The number of ether oxygens (including phenoxy) is 3. The molecular weight excluding hydrogens is 288 g/mol. The van der Waals surface area contributed by atoms with Crippen LogP contribution in [-0.4, -0.2) is 48.7 Å². The minimum absolute atomic E-state index is 0.0318. The summed E-state index contributed by atoms with van der Waals surface area (Å²) in [5, 5.41) is 19.2. The molecule has 1 aliphatic rings. The number of methoxy groups -OCH3 is 1. The molecule has 3 atom stereocenters. The summed E-state index contributed by atoms with van der Waals surface area (Å²) in [4.78, 5) is 11.8. The molecule has 1 saturated heterocycles. The van der Waals surface area contributed by atoms with Crippen LogP contribution in [0.15, 0.2) is 24.3 Å². The van der Waals surface area contributed by atoms with Crippen molar-refractivity contribution in [2.24, 2.45) is 5.92 Å². The molecule has 1 heterocycles. The first-order chi connectivity index (χ1) is 10.5. The van der Waals surface area contributed by atoms with Gasteiger partial charge in [-0.2, -0.15) is 0 Å². The zero-order valence-electron chi connectivity index (χ0n) is 12.6. The van der Waals surface area contributed by atoms with Gasteiger partial charge in [0, 0.05) is 12.0 Å². The van der Waals surface area contributed by atoms with Gasteiger partial charge in [-0.15, -0.1) is 0 Å². The van der Waals surface area contributed by atoms with Gasteiger partial charge in [0.15, 0.2) is 11.5 Å². The molecule has 1 aromatic carbocycles. The third-order valence-electron chi connectivity index (χ3n) is 3.65. The maximum Gasteiger partial charge on any atom is 0.331 e. The number of aromatic hydroxyl groups is 1. The van der Waals surface area contributed by atoms with Gasteiger partial charge in [-0.05, 0) is 23.8 Å². The molecule has 120 valence electrons. The van der Waals surface area contributed by atoms with E-state index < -0.39 is 18.2 Å². The Morgan fingerprint density at radius 1 is 1.41 bits per heavy atom. The SMILES string of the molecule is COc1cc(/C=C/C(=O)O[C@@H]2COC[C@H](O)C2C)ccc1O. The Balaban J connectivity index is 1.96. The quantitative estimate of drug-likeness (QED) is 0.645. The highest BCUT2D eigenvalue weighted by Gasteiger charge is 2.31. The number of rotatable bonds is 4. The molecule has 1 fully saturated rings. The minimum atomic E-state index is -0.628. The number of carbonyl (C=O) groups excluding carboxylic acids is 1. The molecule has 0 spiro atoms. The van der Waals surface area contributed by atoms with Crippen molar-refractivity contribution in [3.05, 3.63) is 29.8 Å². The fraction of sp³-hybridized carbons (Fsp3) is 0.438. The average molecular weight is 308 g/mol. The molecule has 0 amide bonds. The van der Waals surface area contributed by atoms with Crippen LogP contribution in [0.25, 0.3) is 6.08 Å². The molecule has 0 bridgehead atoms. The summed E-state index contributed by atoms with van der Waals surface area (Å²) < 4.78 is 15.5. The third-order valence-corrected chi connectivity index (χ3v) is 3.65. The Morgan fingerprint density at radius 2 is 2.18 bits per heavy atom. The number of hydrogen-bond donors (Lipinski definition) is 2. The van der Waals surface area contributed by atoms with Gasteiger partial charge in [-0.3, -0.25) is 0 Å². The third kappa shape index (κ3) is 3.99. The van der Waals surface area contributed by atoms with E-state index in [-0.39, 0.29) is 24.9 Å². The maximum atomic E-state index is 11.8. The van der Waals surface area contributed by atoms with E-state index >= 15 is 0 Å². The number of esters is 1. The number of carbonyl (C=O) groups is 1. The van der Waals surface area contributed by atoms with E-state index in [9.17, 15) is 15.0 Å². The van der Waals surface area contributed by atoms with Gasteiger partial charge in [-0.1, -0.05) is 13.0 Å². The van der Waals surface area contributed by atoms with E-state index in [0.717, 1.165) is 0 Å². The predicted molar refractivity (Wildman–Crippen MR) is 79.6 cm³/mol. The van der Waals surface area contributed by atoms with Gasteiger partial charge in [0.25, 0.3) is 0 Å². The number of aliphatic hydroxyl groups is 1. The molecule has 6 nitrogen and oxygen atoms in total. The van der Waals surface area contributed by atoms with Crippen LogP contribution in [0, 0.1) is 5.92 Å². The molecule has 0 aliphatic carbocycles. The van der Waals surface area contributed by atoms with Crippen molar-refractivity contribution in [3.8, 4) is 11.5 Å². The van der Waals surface area contributed by atoms with Crippen molar-refractivity contribution >= 4 is 12.0 Å². The number of benzene rings is 1. The molecule has 22 heavy (non-hydrogen) atoms. The summed E-state index contributed by atoms with van der Waals surface area (Å²) in [6.45, 7) is 2.36. The van der Waals surface area contributed by atoms with E-state index in [2.05, 4.69) is 0 Å². The fourth-order valence-electron chi connectivity index (χ4n) is 2.15. The normalized spacial score (nSPS) is 25.1. The standard InChI is InChI=1S/C16H20O6/c1-10-13(18)8-21-9-15(10)22-16(19)6-4-11-3-5-12(17)14(7-11)20-2/h3-7,10,13,15,17-18H,8-9H2,1-2H3/b6-4+/t10?,13-,15+/m0/s1. The predicted octanol–water partition coefficient (Wildman–Crippen LogP) is 1.35. The van der Waals surface area contributed by atoms with E-state index in [1.807, 2.05) is 6.92 Å². The Hall–Kier alpha value is -2.05. The lowest BCUT2D eigenvalue weighted by molar-refractivity contribution is -0.164. The zero-order valence-corrected chi connectivity index (χ0v) is 12.6. The molecule has 0 saturated carbocycles. The van der Waals surface area contributed by atoms with Crippen LogP contribution in [0.1, 0.15) is 12.5 Å². The molecule has 0 radical (unpaired) electrons. The highest BCUT2D eigenvalue weighted by atomic mass is 16.6. The second-order valence-electron chi connectivity index (χ2n) is 5.20. The van der Waals surface area contributed by atoms with Crippen LogP contribution in [0.4, 0.5) is 0 Å². The summed E-state index contributed by atoms with van der Waals surface area (Å²) in [5.74, 6) is -0.321. The second kappa shape index (κ2) is 7.29. The van der Waals surface area contributed by atoms with Crippen LogP contribution in [0.2, 0.25) is 0 Å². The highest BCUT2D eigenvalue weighted by Crippen LogP contribution is 2.26. The van der Waals surface area contributed by atoms with Crippen molar-refractivity contribution in [1.29, 1.82) is 0 Å². The van der Waals surface area contributed by atoms with Crippen molar-refractivity contribution in [1.82, 2.24) is 0 Å². The van der Waals surface area contributed by atoms with Gasteiger partial charge >= 0.3 is 5.97 Å². The molecule has 2 N–H and O–H groups in total. The summed E-state index contributed by atoms with van der Waals surface area (Å²) in [6.07, 6.45) is 1.77. The van der Waals surface area contributed by atoms with Crippen molar-refractivity contribution in [3.63, 3.8) is 0 Å².